The standard InChI is InChI=1S/C13H23N3O6/c1-5(2)9(14)12(19)15-10(13(20)21)11(18)6-4-16-7(17)3-8(16)22-6/h5-6,8-11,13,18,20-21H,3-4,14H2,1-2H3,(H,15,19). The van der Waals surface area contributed by atoms with E-state index in [2.05, 4.69) is 5.32 Å². The highest BCUT2D eigenvalue weighted by atomic mass is 16.5. The zero-order valence-corrected chi connectivity index (χ0v) is 12.5. The SMILES string of the molecule is CC(C)C(N)C(=O)NC(C(O)O)C(O)C1CN2C(=O)CC2O1. The van der Waals surface area contributed by atoms with Crippen molar-refractivity contribution in [1.82, 2.24) is 10.2 Å². The predicted octanol–water partition coefficient (Wildman–Crippen LogP) is -2.92. The zero-order chi connectivity index (χ0) is 16.6. The van der Waals surface area contributed by atoms with Crippen molar-refractivity contribution in [2.75, 3.05) is 6.54 Å². The molecule has 2 rings (SSSR count). The topological polar surface area (TPSA) is 145 Å². The molecule has 2 aliphatic heterocycles. The van der Waals surface area contributed by atoms with E-state index in [4.69, 9.17) is 10.5 Å². The lowest BCUT2D eigenvalue weighted by Gasteiger charge is -2.31. The summed E-state index contributed by atoms with van der Waals surface area (Å²) >= 11 is 0. The van der Waals surface area contributed by atoms with Gasteiger partial charge in [-0.3, -0.25) is 9.59 Å². The highest BCUT2D eigenvalue weighted by Gasteiger charge is 2.49. The maximum atomic E-state index is 11.9. The summed E-state index contributed by atoms with van der Waals surface area (Å²) in [5.74, 6) is -0.813. The molecule has 0 aromatic rings. The molecule has 0 aromatic carbocycles. The molecule has 5 unspecified atom stereocenters. The van der Waals surface area contributed by atoms with Crippen LogP contribution in [0, 0.1) is 5.92 Å². The molecule has 9 nitrogen and oxygen atoms in total. The fraction of sp³-hybridized carbons (Fsp3) is 0.846. The lowest BCUT2D eigenvalue weighted by atomic mass is 10.0. The predicted molar refractivity (Wildman–Crippen MR) is 74.0 cm³/mol. The Morgan fingerprint density at radius 3 is 2.50 bits per heavy atom. The van der Waals surface area contributed by atoms with Crippen LogP contribution in [0.5, 0.6) is 0 Å². The summed E-state index contributed by atoms with van der Waals surface area (Å²) < 4.78 is 5.46. The van der Waals surface area contributed by atoms with Crippen molar-refractivity contribution in [3.63, 3.8) is 0 Å². The fourth-order valence-corrected chi connectivity index (χ4v) is 2.52. The third-order valence-corrected chi connectivity index (χ3v) is 4.13. The van der Waals surface area contributed by atoms with Crippen LogP contribution >= 0.6 is 0 Å². The van der Waals surface area contributed by atoms with Crippen molar-refractivity contribution in [1.29, 1.82) is 0 Å². The van der Waals surface area contributed by atoms with Crippen LogP contribution in [0.15, 0.2) is 0 Å². The molecule has 2 amide bonds. The summed E-state index contributed by atoms with van der Waals surface area (Å²) in [6.45, 7) is 3.66. The number of rotatable bonds is 6. The van der Waals surface area contributed by atoms with E-state index in [0.29, 0.717) is 0 Å². The van der Waals surface area contributed by atoms with E-state index in [0.717, 1.165) is 0 Å². The van der Waals surface area contributed by atoms with Gasteiger partial charge in [-0.05, 0) is 5.92 Å². The monoisotopic (exact) mass is 317 g/mol. The van der Waals surface area contributed by atoms with Crippen molar-refractivity contribution in [2.45, 2.75) is 57.1 Å². The molecule has 0 aromatic heterocycles. The van der Waals surface area contributed by atoms with E-state index in [9.17, 15) is 24.9 Å². The number of carbonyl (C=O) groups excluding carboxylic acids is 2. The van der Waals surface area contributed by atoms with Crippen LogP contribution in [0.1, 0.15) is 20.3 Å². The minimum atomic E-state index is -1.98. The molecular formula is C13H23N3O6. The summed E-state index contributed by atoms with van der Waals surface area (Å²) in [4.78, 5) is 24.7. The normalized spacial score (nSPS) is 28.4. The van der Waals surface area contributed by atoms with Crippen LogP contribution in [0.2, 0.25) is 0 Å². The fourth-order valence-electron chi connectivity index (χ4n) is 2.52. The second-order valence-corrected chi connectivity index (χ2v) is 6.09. The van der Waals surface area contributed by atoms with Crippen LogP contribution in [-0.2, 0) is 14.3 Å². The van der Waals surface area contributed by atoms with Crippen LogP contribution in [0.3, 0.4) is 0 Å². The van der Waals surface area contributed by atoms with Gasteiger partial charge < -0.3 is 36.0 Å². The number of aliphatic hydroxyl groups is 3. The van der Waals surface area contributed by atoms with E-state index in [1.165, 1.54) is 4.90 Å². The summed E-state index contributed by atoms with van der Waals surface area (Å²) in [6.07, 6.45) is -4.27. The Balaban J connectivity index is 1.98. The number of carbonyl (C=O) groups is 2. The molecule has 2 heterocycles. The molecule has 2 fully saturated rings. The van der Waals surface area contributed by atoms with Gasteiger partial charge in [-0.25, -0.2) is 0 Å². The summed E-state index contributed by atoms with van der Waals surface area (Å²) in [7, 11) is 0. The van der Waals surface area contributed by atoms with E-state index in [1.54, 1.807) is 13.8 Å². The largest absolute Gasteiger partial charge is 0.388 e. The molecule has 0 saturated carbocycles. The summed E-state index contributed by atoms with van der Waals surface area (Å²) in [5.41, 5.74) is 5.69. The van der Waals surface area contributed by atoms with Crippen molar-refractivity contribution in [3.05, 3.63) is 0 Å². The molecular weight excluding hydrogens is 294 g/mol. The summed E-state index contributed by atoms with van der Waals surface area (Å²) in [5, 5.41) is 31.4. The van der Waals surface area contributed by atoms with E-state index in [1.807, 2.05) is 0 Å². The molecule has 2 saturated heterocycles. The van der Waals surface area contributed by atoms with Crippen LogP contribution in [-0.4, -0.2) is 75.4 Å². The maximum absolute atomic E-state index is 11.9. The van der Waals surface area contributed by atoms with Gasteiger partial charge in [-0.2, -0.15) is 0 Å². The number of ether oxygens (including phenoxy) is 1. The molecule has 9 heteroatoms. The molecule has 22 heavy (non-hydrogen) atoms. The zero-order valence-electron chi connectivity index (χ0n) is 12.5. The third kappa shape index (κ3) is 3.23. The molecule has 0 bridgehead atoms. The van der Waals surface area contributed by atoms with Gasteiger partial charge in [0.25, 0.3) is 0 Å². The number of nitrogens with two attached hydrogens (primary N) is 1. The third-order valence-electron chi connectivity index (χ3n) is 4.13. The van der Waals surface area contributed by atoms with Gasteiger partial charge in [0, 0.05) is 0 Å². The van der Waals surface area contributed by atoms with Gasteiger partial charge >= 0.3 is 0 Å². The van der Waals surface area contributed by atoms with Crippen molar-refractivity contribution in [2.24, 2.45) is 11.7 Å². The molecule has 2 aliphatic rings. The van der Waals surface area contributed by atoms with Gasteiger partial charge in [0.15, 0.2) is 6.29 Å². The first-order valence-corrected chi connectivity index (χ1v) is 7.27. The van der Waals surface area contributed by atoms with E-state index < -0.39 is 36.5 Å². The van der Waals surface area contributed by atoms with E-state index in [-0.39, 0.29) is 31.0 Å². The first kappa shape index (κ1) is 17.1. The van der Waals surface area contributed by atoms with Crippen molar-refractivity contribution in [3.8, 4) is 0 Å². The Hall–Kier alpha value is -1.26. The Morgan fingerprint density at radius 1 is 1.41 bits per heavy atom. The Bertz CT molecular complexity index is 443. The van der Waals surface area contributed by atoms with Crippen molar-refractivity contribution >= 4 is 11.8 Å². The minimum absolute atomic E-state index is 0.0772. The first-order valence-electron chi connectivity index (χ1n) is 7.27. The molecule has 0 aliphatic carbocycles. The van der Waals surface area contributed by atoms with Gasteiger partial charge in [-0.15, -0.1) is 0 Å². The van der Waals surface area contributed by atoms with Crippen molar-refractivity contribution < 1.29 is 29.6 Å². The second kappa shape index (κ2) is 6.47. The van der Waals surface area contributed by atoms with Gasteiger partial charge in [0.05, 0.1) is 19.0 Å². The lowest BCUT2D eigenvalue weighted by molar-refractivity contribution is -0.162. The smallest absolute Gasteiger partial charge is 0.237 e. The number of fused-ring (bicyclic) bond motifs is 1. The van der Waals surface area contributed by atoms with Crippen LogP contribution < -0.4 is 11.1 Å². The molecule has 0 spiro atoms. The highest BCUT2D eigenvalue weighted by molar-refractivity contribution is 5.83. The van der Waals surface area contributed by atoms with Gasteiger partial charge in [-0.1, -0.05) is 13.8 Å². The molecule has 0 radical (unpaired) electrons. The number of nitrogens with one attached hydrogen (secondary N) is 1. The lowest BCUT2D eigenvalue weighted by Crippen LogP contribution is -2.59. The molecule has 6 N–H and O–H groups in total. The summed E-state index contributed by atoms with van der Waals surface area (Å²) in [6, 6.07) is -2.18. The number of nitrogens with zero attached hydrogens (tertiary/aromatic N) is 1. The van der Waals surface area contributed by atoms with Gasteiger partial charge in [0.2, 0.25) is 11.8 Å². The maximum Gasteiger partial charge on any atom is 0.237 e. The second-order valence-electron chi connectivity index (χ2n) is 6.09. The number of hydrogen-bond donors (Lipinski definition) is 5. The van der Waals surface area contributed by atoms with Crippen LogP contribution in [0.4, 0.5) is 0 Å². The van der Waals surface area contributed by atoms with Crippen LogP contribution in [0.25, 0.3) is 0 Å². The van der Waals surface area contributed by atoms with E-state index >= 15 is 0 Å². The van der Waals surface area contributed by atoms with Gasteiger partial charge in [0.1, 0.15) is 24.5 Å². The Morgan fingerprint density at radius 2 is 2.05 bits per heavy atom. The minimum Gasteiger partial charge on any atom is -0.388 e. The highest BCUT2D eigenvalue weighted by Crippen LogP contribution is 2.30. The number of hydrogen-bond acceptors (Lipinski definition) is 7. The molecule has 5 atom stereocenters. The number of β-lactam (4-membered cyclic amide) rings is 1. The molecule has 126 valence electrons. The Labute approximate surface area is 128 Å². The Kier molecular flexibility index (Phi) is 5.03. The number of amides is 2. The quantitative estimate of drug-likeness (QED) is 0.261. The first-order chi connectivity index (χ1) is 10.2. The average Bonchev–Trinajstić information content (AvgIpc) is 2.79. The average molecular weight is 317 g/mol. The number of aliphatic hydroxyl groups excluding tert-OH is 2.